The average molecular weight is 191 g/mol. The van der Waals surface area contributed by atoms with Crippen molar-refractivity contribution in [2.45, 2.75) is 48.0 Å². The Labute approximate surface area is 82.9 Å². The smallest absolute Gasteiger partial charge is 0.407 e. The van der Waals surface area contributed by atoms with E-state index in [4.69, 9.17) is 0 Å². The first-order valence-electron chi connectivity index (χ1n) is 5.21. The molecule has 0 spiro atoms. The maximum absolute atomic E-state index is 10.5. The Morgan fingerprint density at radius 2 is 1.62 bits per heavy atom. The molecule has 0 aromatic rings. The van der Waals surface area contributed by atoms with Crippen molar-refractivity contribution >= 4 is 6.09 Å². The summed E-state index contributed by atoms with van der Waals surface area (Å²) in [6, 6.07) is 0. The summed E-state index contributed by atoms with van der Waals surface area (Å²) in [6.45, 7) is 12.9. The van der Waals surface area contributed by atoms with Crippen molar-refractivity contribution < 1.29 is 9.53 Å². The minimum Gasteiger partial charge on any atom is -0.450 e. The summed E-state index contributed by atoms with van der Waals surface area (Å²) in [5.41, 5.74) is 0. The zero-order valence-corrected chi connectivity index (χ0v) is 9.94. The Kier molecular flexibility index (Phi) is 31.4. The summed E-state index contributed by atoms with van der Waals surface area (Å²) in [5, 5.41) is 2.57. The van der Waals surface area contributed by atoms with E-state index in [2.05, 4.69) is 10.1 Å². The van der Waals surface area contributed by atoms with Crippen LogP contribution in [0.5, 0.6) is 0 Å². The maximum atomic E-state index is 10.5. The molecule has 0 radical (unpaired) electrons. The average Bonchev–Trinajstić information content (AvgIpc) is 2.21. The SMILES string of the molecule is CC.CC.CCCNC(=O)OCC. The van der Waals surface area contributed by atoms with Gasteiger partial charge >= 0.3 is 6.09 Å². The molecule has 82 valence electrons. The Bertz CT molecular complexity index is 85.0. The van der Waals surface area contributed by atoms with Crippen LogP contribution in [0.25, 0.3) is 0 Å². The molecule has 3 heteroatoms. The van der Waals surface area contributed by atoms with E-state index in [1.54, 1.807) is 6.92 Å². The van der Waals surface area contributed by atoms with Gasteiger partial charge in [-0.05, 0) is 13.3 Å². The monoisotopic (exact) mass is 191 g/mol. The summed E-state index contributed by atoms with van der Waals surface area (Å²) in [6.07, 6.45) is 0.623. The fourth-order valence-corrected chi connectivity index (χ4v) is 0.409. The van der Waals surface area contributed by atoms with Gasteiger partial charge in [-0.2, -0.15) is 0 Å². The van der Waals surface area contributed by atoms with Crippen LogP contribution in [0.3, 0.4) is 0 Å². The lowest BCUT2D eigenvalue weighted by atomic mass is 10.5. The number of rotatable bonds is 3. The molecular formula is C10H25NO2. The van der Waals surface area contributed by atoms with Crippen molar-refractivity contribution in [3.05, 3.63) is 0 Å². The molecule has 0 aliphatic carbocycles. The van der Waals surface area contributed by atoms with Crippen molar-refractivity contribution in [2.75, 3.05) is 13.2 Å². The first-order chi connectivity index (χ1) is 6.31. The van der Waals surface area contributed by atoms with Gasteiger partial charge < -0.3 is 10.1 Å². The van der Waals surface area contributed by atoms with E-state index < -0.39 is 0 Å². The normalized spacial score (nSPS) is 6.92. The van der Waals surface area contributed by atoms with Crippen molar-refractivity contribution in [1.82, 2.24) is 5.32 Å². The topological polar surface area (TPSA) is 38.3 Å². The van der Waals surface area contributed by atoms with Crippen LogP contribution in [0.4, 0.5) is 4.79 Å². The Hall–Kier alpha value is -0.730. The minimum absolute atomic E-state index is 0.320. The molecule has 0 aliphatic rings. The first-order valence-corrected chi connectivity index (χ1v) is 5.21. The molecule has 1 amide bonds. The Balaban J connectivity index is -0.000000218. The molecule has 0 aliphatic heterocycles. The maximum Gasteiger partial charge on any atom is 0.407 e. The van der Waals surface area contributed by atoms with Gasteiger partial charge in [-0.1, -0.05) is 34.6 Å². The number of hydrogen-bond acceptors (Lipinski definition) is 2. The predicted octanol–water partition coefficient (Wildman–Crippen LogP) is 3.19. The van der Waals surface area contributed by atoms with Gasteiger partial charge in [0.05, 0.1) is 6.61 Å². The van der Waals surface area contributed by atoms with Gasteiger partial charge in [-0.15, -0.1) is 0 Å². The lowest BCUT2D eigenvalue weighted by Crippen LogP contribution is -2.24. The van der Waals surface area contributed by atoms with Gasteiger partial charge in [0.2, 0.25) is 0 Å². The second-order valence-corrected chi connectivity index (χ2v) is 1.65. The van der Waals surface area contributed by atoms with E-state index in [1.807, 2.05) is 34.6 Å². The summed E-state index contributed by atoms with van der Waals surface area (Å²) >= 11 is 0. The number of alkyl carbamates (subject to hydrolysis) is 1. The number of carbonyl (C=O) groups excluding carboxylic acids is 1. The number of amides is 1. The van der Waals surface area contributed by atoms with E-state index >= 15 is 0 Å². The standard InChI is InChI=1S/C6H13NO2.2C2H6/c1-3-5-7-6(8)9-4-2;2*1-2/h3-5H2,1-2H3,(H,7,8);2*1-2H3. The summed E-state index contributed by atoms with van der Waals surface area (Å²) in [4.78, 5) is 10.5. The van der Waals surface area contributed by atoms with Crippen LogP contribution in [0, 0.1) is 0 Å². The van der Waals surface area contributed by atoms with Crippen molar-refractivity contribution in [2.24, 2.45) is 0 Å². The second kappa shape index (κ2) is 22.5. The zero-order valence-electron chi connectivity index (χ0n) is 9.94. The molecule has 0 rings (SSSR count). The molecule has 0 saturated carbocycles. The van der Waals surface area contributed by atoms with Crippen LogP contribution in [-0.4, -0.2) is 19.2 Å². The molecule has 0 heterocycles. The van der Waals surface area contributed by atoms with Gasteiger partial charge in [-0.3, -0.25) is 0 Å². The fraction of sp³-hybridized carbons (Fsp3) is 0.900. The van der Waals surface area contributed by atoms with Crippen LogP contribution in [0.2, 0.25) is 0 Å². The Morgan fingerprint density at radius 1 is 1.15 bits per heavy atom. The van der Waals surface area contributed by atoms with Crippen LogP contribution in [-0.2, 0) is 4.74 Å². The van der Waals surface area contributed by atoms with E-state index in [1.165, 1.54) is 0 Å². The summed E-state index contributed by atoms with van der Waals surface area (Å²) in [5.74, 6) is 0. The zero-order chi connectivity index (χ0) is 11.1. The van der Waals surface area contributed by atoms with Gasteiger partial charge in [-0.25, -0.2) is 4.79 Å². The second-order valence-electron chi connectivity index (χ2n) is 1.65. The molecule has 0 saturated heterocycles. The van der Waals surface area contributed by atoms with Crippen molar-refractivity contribution in [1.29, 1.82) is 0 Å². The molecular weight excluding hydrogens is 166 g/mol. The number of hydrogen-bond donors (Lipinski definition) is 1. The predicted molar refractivity (Wildman–Crippen MR) is 58.0 cm³/mol. The first kappa shape index (κ1) is 18.1. The van der Waals surface area contributed by atoms with E-state index in [-0.39, 0.29) is 6.09 Å². The quantitative estimate of drug-likeness (QED) is 0.744. The third-order valence-corrected chi connectivity index (χ3v) is 0.795. The highest BCUT2D eigenvalue weighted by molar-refractivity contribution is 5.66. The van der Waals surface area contributed by atoms with Gasteiger partial charge in [0.15, 0.2) is 0 Å². The molecule has 0 bridgehead atoms. The third kappa shape index (κ3) is 24.6. The lowest BCUT2D eigenvalue weighted by molar-refractivity contribution is 0.152. The largest absolute Gasteiger partial charge is 0.450 e. The summed E-state index contributed by atoms with van der Waals surface area (Å²) < 4.78 is 4.59. The van der Waals surface area contributed by atoms with E-state index in [0.717, 1.165) is 6.42 Å². The Morgan fingerprint density at radius 3 is 1.92 bits per heavy atom. The van der Waals surface area contributed by atoms with Crippen molar-refractivity contribution in [3.63, 3.8) is 0 Å². The number of carbonyl (C=O) groups is 1. The number of ether oxygens (including phenoxy) is 1. The van der Waals surface area contributed by atoms with E-state index in [0.29, 0.717) is 13.2 Å². The van der Waals surface area contributed by atoms with Crippen LogP contribution in [0.1, 0.15) is 48.0 Å². The van der Waals surface area contributed by atoms with Crippen molar-refractivity contribution in [3.8, 4) is 0 Å². The van der Waals surface area contributed by atoms with Crippen LogP contribution in [0.15, 0.2) is 0 Å². The minimum atomic E-state index is -0.320. The molecule has 1 N–H and O–H groups in total. The van der Waals surface area contributed by atoms with Crippen LogP contribution >= 0.6 is 0 Å². The van der Waals surface area contributed by atoms with Gasteiger partial charge in [0.25, 0.3) is 0 Å². The molecule has 0 fully saturated rings. The van der Waals surface area contributed by atoms with Crippen LogP contribution < -0.4 is 5.32 Å². The molecule has 0 atom stereocenters. The fourth-order valence-electron chi connectivity index (χ4n) is 0.409. The highest BCUT2D eigenvalue weighted by Crippen LogP contribution is 1.76. The van der Waals surface area contributed by atoms with E-state index in [9.17, 15) is 4.79 Å². The lowest BCUT2D eigenvalue weighted by Gasteiger charge is -2.01. The molecule has 13 heavy (non-hydrogen) atoms. The molecule has 0 aromatic heterocycles. The highest BCUT2D eigenvalue weighted by Gasteiger charge is 1.94. The molecule has 0 aromatic carbocycles. The molecule has 3 nitrogen and oxygen atoms in total. The van der Waals surface area contributed by atoms with Gasteiger partial charge in [0.1, 0.15) is 0 Å². The third-order valence-electron chi connectivity index (χ3n) is 0.795. The summed E-state index contributed by atoms with van der Waals surface area (Å²) in [7, 11) is 0. The number of nitrogens with one attached hydrogen (secondary N) is 1. The molecule has 0 unspecified atom stereocenters. The van der Waals surface area contributed by atoms with Gasteiger partial charge in [0, 0.05) is 6.54 Å². The highest BCUT2D eigenvalue weighted by atomic mass is 16.5.